The van der Waals surface area contributed by atoms with Crippen LogP contribution in [0.3, 0.4) is 0 Å². The van der Waals surface area contributed by atoms with Crippen LogP contribution in [0, 0.1) is 5.92 Å². The molecule has 0 unspecified atom stereocenters. The molecule has 0 amide bonds. The summed E-state index contributed by atoms with van der Waals surface area (Å²) < 4.78 is 0. The van der Waals surface area contributed by atoms with Crippen LogP contribution in [0.25, 0.3) is 0 Å². The van der Waals surface area contributed by atoms with Crippen molar-refractivity contribution in [3.63, 3.8) is 0 Å². The Hall–Kier alpha value is -0.910. The predicted molar refractivity (Wildman–Crippen MR) is 90.8 cm³/mol. The van der Waals surface area contributed by atoms with Gasteiger partial charge < -0.3 is 0 Å². The standard InChI is InChI=1S/C17H21PS/c1-15(2)13-14-18(19,16-9-5-3-6-10-16)17-11-7-4-8-12-17/h3-12,15H,13-14H2,1-2H3. The highest BCUT2D eigenvalue weighted by atomic mass is 32.4. The molecule has 0 spiro atoms. The van der Waals surface area contributed by atoms with Crippen LogP contribution in [-0.4, -0.2) is 6.16 Å². The molecule has 0 fully saturated rings. The Morgan fingerprint density at radius 2 is 1.26 bits per heavy atom. The molecule has 2 aromatic carbocycles. The van der Waals surface area contributed by atoms with Gasteiger partial charge in [0.05, 0.1) is 0 Å². The molecule has 0 heterocycles. The van der Waals surface area contributed by atoms with Crippen molar-refractivity contribution in [2.24, 2.45) is 5.92 Å². The number of rotatable bonds is 5. The van der Waals surface area contributed by atoms with E-state index in [1.165, 1.54) is 17.0 Å². The lowest BCUT2D eigenvalue weighted by Crippen LogP contribution is -2.18. The second kappa shape index (κ2) is 6.50. The van der Waals surface area contributed by atoms with Crippen LogP contribution in [0.15, 0.2) is 60.7 Å². The zero-order valence-corrected chi connectivity index (χ0v) is 13.3. The average molecular weight is 288 g/mol. The summed E-state index contributed by atoms with van der Waals surface area (Å²) in [4.78, 5) is 0. The zero-order chi connectivity index (χ0) is 13.7. The Morgan fingerprint density at radius 1 is 0.842 bits per heavy atom. The molecule has 0 aliphatic heterocycles. The quantitative estimate of drug-likeness (QED) is 0.744. The highest BCUT2D eigenvalue weighted by molar-refractivity contribution is 8.21. The maximum Gasteiger partial charge on any atom is 0.0106 e. The summed E-state index contributed by atoms with van der Waals surface area (Å²) in [6.45, 7) is 4.55. The van der Waals surface area contributed by atoms with Gasteiger partial charge in [-0.3, -0.25) is 0 Å². The Balaban J connectivity index is 2.42. The number of hydrogen-bond acceptors (Lipinski definition) is 1. The van der Waals surface area contributed by atoms with Crippen LogP contribution in [-0.2, 0) is 11.8 Å². The Bertz CT molecular complexity index is 502. The predicted octanol–water partition coefficient (Wildman–Crippen LogP) is 4.16. The molecule has 0 nitrogen and oxygen atoms in total. The van der Waals surface area contributed by atoms with E-state index in [-0.39, 0.29) is 0 Å². The lowest BCUT2D eigenvalue weighted by molar-refractivity contribution is 0.630. The molecular formula is C17H21PS. The Kier molecular flexibility index (Phi) is 4.96. The maximum atomic E-state index is 6.16. The molecule has 2 rings (SSSR count). The third-order valence-corrected chi connectivity index (χ3v) is 8.33. The topological polar surface area (TPSA) is 0 Å². The van der Waals surface area contributed by atoms with Crippen molar-refractivity contribution in [1.82, 2.24) is 0 Å². The summed E-state index contributed by atoms with van der Waals surface area (Å²) in [6.07, 6.45) is 2.31. The first kappa shape index (κ1) is 14.5. The van der Waals surface area contributed by atoms with E-state index in [1.807, 2.05) is 0 Å². The number of benzene rings is 2. The smallest absolute Gasteiger partial charge is 0.0106 e. The van der Waals surface area contributed by atoms with Gasteiger partial charge in [-0.05, 0) is 29.1 Å². The average Bonchev–Trinajstić information content (AvgIpc) is 2.46. The van der Waals surface area contributed by atoms with Crippen molar-refractivity contribution in [3.8, 4) is 0 Å². The van der Waals surface area contributed by atoms with E-state index < -0.39 is 6.04 Å². The fourth-order valence-corrected chi connectivity index (χ4v) is 6.23. The van der Waals surface area contributed by atoms with E-state index in [4.69, 9.17) is 11.8 Å². The van der Waals surface area contributed by atoms with Gasteiger partial charge in [0.2, 0.25) is 0 Å². The van der Waals surface area contributed by atoms with Crippen molar-refractivity contribution >= 4 is 28.5 Å². The van der Waals surface area contributed by atoms with E-state index in [1.54, 1.807) is 0 Å². The molecular weight excluding hydrogens is 267 g/mol. The lowest BCUT2D eigenvalue weighted by Gasteiger charge is -2.24. The molecule has 2 aromatic rings. The summed E-state index contributed by atoms with van der Waals surface area (Å²) >= 11 is 6.16. The molecule has 0 N–H and O–H groups in total. The Labute approximate surface area is 121 Å². The zero-order valence-electron chi connectivity index (χ0n) is 11.6. The van der Waals surface area contributed by atoms with Crippen molar-refractivity contribution < 1.29 is 0 Å². The van der Waals surface area contributed by atoms with Crippen LogP contribution < -0.4 is 10.6 Å². The van der Waals surface area contributed by atoms with Gasteiger partial charge in [-0.25, -0.2) is 0 Å². The third kappa shape index (κ3) is 3.55. The van der Waals surface area contributed by atoms with Crippen molar-refractivity contribution in [3.05, 3.63) is 60.7 Å². The molecule has 0 aliphatic carbocycles. The summed E-state index contributed by atoms with van der Waals surface area (Å²) in [5.41, 5.74) is 0. The van der Waals surface area contributed by atoms with E-state index in [2.05, 4.69) is 74.5 Å². The van der Waals surface area contributed by atoms with Gasteiger partial charge in [-0.2, -0.15) is 0 Å². The van der Waals surface area contributed by atoms with Gasteiger partial charge in [0, 0.05) is 6.04 Å². The van der Waals surface area contributed by atoms with Gasteiger partial charge in [0.25, 0.3) is 0 Å². The van der Waals surface area contributed by atoms with Gasteiger partial charge >= 0.3 is 0 Å². The molecule has 0 aromatic heterocycles. The van der Waals surface area contributed by atoms with E-state index in [0.717, 1.165) is 6.16 Å². The third-order valence-electron chi connectivity index (χ3n) is 3.37. The van der Waals surface area contributed by atoms with Crippen LogP contribution >= 0.6 is 6.04 Å². The number of hydrogen-bond donors (Lipinski definition) is 0. The molecule has 0 radical (unpaired) electrons. The first-order valence-corrected chi connectivity index (χ1v) is 9.82. The molecule has 19 heavy (non-hydrogen) atoms. The first-order chi connectivity index (χ1) is 9.13. The molecule has 0 atom stereocenters. The van der Waals surface area contributed by atoms with Gasteiger partial charge in [-0.15, -0.1) is 0 Å². The van der Waals surface area contributed by atoms with Gasteiger partial charge in [0.15, 0.2) is 0 Å². The first-order valence-electron chi connectivity index (χ1n) is 6.83. The molecule has 100 valence electrons. The maximum absolute atomic E-state index is 6.16. The summed E-state index contributed by atoms with van der Waals surface area (Å²) in [5.74, 6) is 0.703. The minimum Gasteiger partial charge on any atom is -0.0876 e. The van der Waals surface area contributed by atoms with Crippen LogP contribution in [0.4, 0.5) is 0 Å². The SMILES string of the molecule is CC(C)CCP(=S)(c1ccccc1)c1ccccc1. The minimum absolute atomic E-state index is 0.703. The summed E-state index contributed by atoms with van der Waals surface area (Å²) in [5, 5.41) is 2.69. The molecule has 2 heteroatoms. The second-order valence-electron chi connectivity index (χ2n) is 5.32. The Morgan fingerprint density at radius 3 is 1.63 bits per heavy atom. The fraction of sp³-hybridized carbons (Fsp3) is 0.294. The monoisotopic (exact) mass is 288 g/mol. The molecule has 0 saturated carbocycles. The van der Waals surface area contributed by atoms with E-state index >= 15 is 0 Å². The highest BCUT2D eigenvalue weighted by Gasteiger charge is 2.21. The highest BCUT2D eigenvalue weighted by Crippen LogP contribution is 2.44. The molecule has 0 bridgehead atoms. The van der Waals surface area contributed by atoms with E-state index in [9.17, 15) is 0 Å². The molecule has 0 aliphatic rings. The van der Waals surface area contributed by atoms with E-state index in [0.29, 0.717) is 5.92 Å². The van der Waals surface area contributed by atoms with Crippen LogP contribution in [0.1, 0.15) is 20.3 Å². The molecule has 0 saturated heterocycles. The lowest BCUT2D eigenvalue weighted by atomic mass is 10.2. The van der Waals surface area contributed by atoms with Crippen LogP contribution in [0.2, 0.25) is 0 Å². The summed E-state index contributed by atoms with van der Waals surface area (Å²) in [6, 6.07) is 19.7. The van der Waals surface area contributed by atoms with Gasteiger partial charge in [0.1, 0.15) is 0 Å². The van der Waals surface area contributed by atoms with Gasteiger partial charge in [-0.1, -0.05) is 86.3 Å². The van der Waals surface area contributed by atoms with Crippen molar-refractivity contribution in [2.75, 3.05) is 6.16 Å². The normalized spacial score (nSPS) is 11.7. The fourth-order valence-electron chi connectivity index (χ4n) is 2.18. The second-order valence-corrected chi connectivity index (χ2v) is 10.1. The summed E-state index contributed by atoms with van der Waals surface area (Å²) in [7, 11) is 0. The van der Waals surface area contributed by atoms with Crippen molar-refractivity contribution in [2.45, 2.75) is 20.3 Å². The minimum atomic E-state index is -1.64. The largest absolute Gasteiger partial charge is 0.0876 e. The van der Waals surface area contributed by atoms with Crippen molar-refractivity contribution in [1.29, 1.82) is 0 Å². The van der Waals surface area contributed by atoms with Crippen LogP contribution in [0.5, 0.6) is 0 Å².